The highest BCUT2D eigenvalue weighted by Crippen LogP contribution is 2.48. The number of aliphatic hydroxyl groups excluding tert-OH is 1. The van der Waals surface area contributed by atoms with E-state index in [1.807, 2.05) is 61.5 Å². The van der Waals surface area contributed by atoms with Crippen molar-refractivity contribution in [3.63, 3.8) is 0 Å². The minimum atomic E-state index is -1.65. The van der Waals surface area contributed by atoms with Crippen molar-refractivity contribution in [2.45, 2.75) is 84.0 Å². The number of carbonyl (C=O) groups excluding carboxylic acids is 1. The lowest BCUT2D eigenvalue weighted by molar-refractivity contribution is -0.339. The predicted molar refractivity (Wildman–Crippen MR) is 173 cm³/mol. The van der Waals surface area contributed by atoms with Gasteiger partial charge in [-0.1, -0.05) is 68.5 Å². The molecule has 0 spiro atoms. The van der Waals surface area contributed by atoms with Gasteiger partial charge < -0.3 is 43.4 Å². The van der Waals surface area contributed by atoms with Crippen LogP contribution in [0.4, 0.5) is 0 Å². The standard InChI is InChI=1S/C36H48O11/c1-25(45-24-43-22-27-11-8-7-9-12-27)32(44-23-28-13-15-30(41-5)16-14-28)21-31-19-29(20-33(39)40)34(46-26(2)38)36(42-6,47-31)35(3,4)17-10-18-37/h7-17,20,25,31-32,34,37H,18-19,21-24H2,1-6H3,(H,39,40)/b17-10+,29-20+/t25-,31+,32-,34+,36-/m1/s1. The summed E-state index contributed by atoms with van der Waals surface area (Å²) >= 11 is 0. The van der Waals surface area contributed by atoms with Crippen molar-refractivity contribution in [2.24, 2.45) is 5.41 Å². The van der Waals surface area contributed by atoms with Crippen molar-refractivity contribution in [3.05, 3.63) is 89.5 Å². The molecule has 0 aliphatic carbocycles. The fourth-order valence-corrected chi connectivity index (χ4v) is 5.66. The van der Waals surface area contributed by atoms with Gasteiger partial charge in [-0.05, 0) is 42.2 Å². The Bertz CT molecular complexity index is 1320. The topological polar surface area (TPSA) is 139 Å². The van der Waals surface area contributed by atoms with Crippen LogP contribution in [0.2, 0.25) is 0 Å². The number of benzene rings is 2. The van der Waals surface area contributed by atoms with E-state index in [2.05, 4.69) is 0 Å². The highest BCUT2D eigenvalue weighted by Gasteiger charge is 2.59. The van der Waals surface area contributed by atoms with Crippen LogP contribution in [-0.2, 0) is 51.2 Å². The lowest BCUT2D eigenvalue weighted by Gasteiger charge is -2.53. The molecule has 1 aliphatic rings. The molecule has 0 saturated carbocycles. The van der Waals surface area contributed by atoms with E-state index < -0.39 is 47.6 Å². The van der Waals surface area contributed by atoms with E-state index in [9.17, 15) is 19.8 Å². The van der Waals surface area contributed by atoms with Crippen LogP contribution in [0.1, 0.15) is 51.7 Å². The molecule has 0 radical (unpaired) electrons. The van der Waals surface area contributed by atoms with Crippen LogP contribution < -0.4 is 4.74 Å². The minimum absolute atomic E-state index is 0.0175. The quantitative estimate of drug-likeness (QED) is 0.0720. The molecule has 1 aliphatic heterocycles. The summed E-state index contributed by atoms with van der Waals surface area (Å²) in [4.78, 5) is 24.3. The number of ether oxygens (including phenoxy) is 7. The van der Waals surface area contributed by atoms with Crippen LogP contribution in [0.3, 0.4) is 0 Å². The van der Waals surface area contributed by atoms with Gasteiger partial charge in [0.15, 0.2) is 6.10 Å². The molecule has 0 amide bonds. The third-order valence-electron chi connectivity index (χ3n) is 8.09. The first kappa shape index (κ1) is 37.9. The van der Waals surface area contributed by atoms with Gasteiger partial charge in [0.05, 0.1) is 45.2 Å². The third-order valence-corrected chi connectivity index (χ3v) is 8.09. The molecule has 0 bridgehead atoms. The fraction of sp³-hybridized carbons (Fsp3) is 0.500. The first-order valence-corrected chi connectivity index (χ1v) is 15.5. The van der Waals surface area contributed by atoms with E-state index in [1.54, 1.807) is 27.0 Å². The summed E-state index contributed by atoms with van der Waals surface area (Å²) in [5.41, 5.74) is 1.23. The van der Waals surface area contributed by atoms with Gasteiger partial charge in [-0.3, -0.25) is 4.79 Å². The van der Waals surface area contributed by atoms with Gasteiger partial charge in [-0.25, -0.2) is 4.79 Å². The molecule has 1 heterocycles. The molecule has 11 nitrogen and oxygen atoms in total. The highest BCUT2D eigenvalue weighted by molar-refractivity contribution is 5.81. The number of hydrogen-bond acceptors (Lipinski definition) is 10. The summed E-state index contributed by atoms with van der Waals surface area (Å²) in [5.74, 6) is -2.76. The third kappa shape index (κ3) is 10.7. The van der Waals surface area contributed by atoms with Crippen LogP contribution in [0.25, 0.3) is 0 Å². The lowest BCUT2D eigenvalue weighted by atomic mass is 9.74. The highest BCUT2D eigenvalue weighted by atomic mass is 16.7. The Morgan fingerprint density at radius 1 is 1.04 bits per heavy atom. The zero-order valence-corrected chi connectivity index (χ0v) is 28.0. The van der Waals surface area contributed by atoms with E-state index in [4.69, 9.17) is 33.2 Å². The molecular weight excluding hydrogens is 608 g/mol. The Morgan fingerprint density at radius 2 is 1.72 bits per heavy atom. The molecule has 11 heteroatoms. The number of rotatable bonds is 18. The Hall–Kier alpha value is -3.58. The van der Waals surface area contributed by atoms with Gasteiger partial charge in [0.1, 0.15) is 12.5 Å². The van der Waals surface area contributed by atoms with E-state index in [1.165, 1.54) is 20.1 Å². The largest absolute Gasteiger partial charge is 0.497 e. The summed E-state index contributed by atoms with van der Waals surface area (Å²) in [6.07, 6.45) is 1.81. The molecule has 258 valence electrons. The molecule has 1 saturated heterocycles. The zero-order chi connectivity index (χ0) is 34.5. The molecule has 0 aromatic heterocycles. The van der Waals surface area contributed by atoms with Crippen LogP contribution in [0.5, 0.6) is 5.75 Å². The maximum absolute atomic E-state index is 12.3. The van der Waals surface area contributed by atoms with Gasteiger partial charge >= 0.3 is 11.9 Å². The van der Waals surface area contributed by atoms with Crippen LogP contribution in [0.15, 0.2) is 78.4 Å². The maximum Gasteiger partial charge on any atom is 0.328 e. The smallest absolute Gasteiger partial charge is 0.328 e. The van der Waals surface area contributed by atoms with Crippen molar-refractivity contribution >= 4 is 11.9 Å². The second-order valence-electron chi connectivity index (χ2n) is 11.9. The second kappa shape index (κ2) is 18.1. The normalized spacial score (nSPS) is 22.2. The Kier molecular flexibility index (Phi) is 14.6. The fourth-order valence-electron chi connectivity index (χ4n) is 5.66. The van der Waals surface area contributed by atoms with Gasteiger partial charge in [0.25, 0.3) is 0 Å². The maximum atomic E-state index is 12.3. The van der Waals surface area contributed by atoms with E-state index in [-0.39, 0.29) is 32.8 Å². The molecule has 47 heavy (non-hydrogen) atoms. The Balaban J connectivity index is 1.91. The average Bonchev–Trinajstić information content (AvgIpc) is 3.05. The number of carboxylic acids is 1. The number of carbonyl (C=O) groups is 2. The zero-order valence-electron chi connectivity index (χ0n) is 28.0. The predicted octanol–water partition coefficient (Wildman–Crippen LogP) is 5.20. The number of aliphatic carboxylic acids is 1. The molecule has 1 fully saturated rings. The summed E-state index contributed by atoms with van der Waals surface area (Å²) in [5, 5.41) is 19.3. The number of methoxy groups -OCH3 is 2. The van der Waals surface area contributed by atoms with Gasteiger partial charge in [-0.2, -0.15) is 0 Å². The minimum Gasteiger partial charge on any atom is -0.497 e. The summed E-state index contributed by atoms with van der Waals surface area (Å²) in [6, 6.07) is 17.3. The molecule has 3 rings (SSSR count). The van der Waals surface area contributed by atoms with Crippen molar-refractivity contribution in [2.75, 3.05) is 27.6 Å². The summed E-state index contributed by atoms with van der Waals surface area (Å²) in [7, 11) is 3.02. The Morgan fingerprint density at radius 3 is 2.32 bits per heavy atom. The van der Waals surface area contributed by atoms with Crippen molar-refractivity contribution in [1.29, 1.82) is 0 Å². The SMILES string of the molecule is COc1ccc(CO[C@H](C[C@@H]2C/C(=C\C(=O)O)[C@H](OC(C)=O)[C@](OC)(C(C)(C)/C=C/CO)O2)[C@@H](C)OCOCc2ccccc2)cc1. The van der Waals surface area contributed by atoms with Gasteiger partial charge in [0, 0.05) is 31.9 Å². The van der Waals surface area contributed by atoms with Gasteiger partial charge in [0.2, 0.25) is 5.79 Å². The van der Waals surface area contributed by atoms with E-state index >= 15 is 0 Å². The number of esters is 1. The number of hydrogen-bond donors (Lipinski definition) is 2. The summed E-state index contributed by atoms with van der Waals surface area (Å²) < 4.78 is 42.0. The Labute approximate surface area is 277 Å². The molecule has 2 aromatic carbocycles. The van der Waals surface area contributed by atoms with E-state index in [0.717, 1.165) is 23.0 Å². The van der Waals surface area contributed by atoms with Crippen molar-refractivity contribution < 1.29 is 53.0 Å². The first-order valence-electron chi connectivity index (χ1n) is 15.5. The number of carboxylic acid groups (broad SMARTS) is 1. The molecule has 0 unspecified atom stereocenters. The molecule has 5 atom stereocenters. The molecule has 2 aromatic rings. The lowest BCUT2D eigenvalue weighted by Crippen LogP contribution is -2.63. The van der Waals surface area contributed by atoms with Gasteiger partial charge in [-0.15, -0.1) is 0 Å². The average molecular weight is 657 g/mol. The second-order valence-corrected chi connectivity index (χ2v) is 11.9. The molecule has 2 N–H and O–H groups in total. The number of aliphatic hydroxyl groups is 1. The van der Waals surface area contributed by atoms with Crippen molar-refractivity contribution in [1.82, 2.24) is 0 Å². The molecular formula is C36H48O11. The van der Waals surface area contributed by atoms with Crippen LogP contribution >= 0.6 is 0 Å². The van der Waals surface area contributed by atoms with Crippen LogP contribution in [-0.4, -0.2) is 80.0 Å². The van der Waals surface area contributed by atoms with Crippen molar-refractivity contribution in [3.8, 4) is 5.75 Å². The van der Waals surface area contributed by atoms with Crippen LogP contribution in [0, 0.1) is 5.41 Å². The monoisotopic (exact) mass is 656 g/mol. The first-order chi connectivity index (χ1) is 22.4. The van der Waals surface area contributed by atoms with E-state index in [0.29, 0.717) is 12.2 Å². The summed E-state index contributed by atoms with van der Waals surface area (Å²) in [6.45, 7) is 7.12.